The monoisotopic (exact) mass is 160 g/mol. The Morgan fingerprint density at radius 3 is 2.27 bits per heavy atom. The van der Waals surface area contributed by atoms with Crippen molar-refractivity contribution in [2.75, 3.05) is 6.54 Å². The molecular formula is C8H15NO2. The fourth-order valence-electron chi connectivity index (χ4n) is 1.65. The van der Waals surface area contributed by atoms with Crippen LogP contribution in [0.1, 0.15) is 25.7 Å². The molecular weight excluding hydrogens is 145 g/mol. The molecule has 0 aromatic rings. The second-order valence-electron chi connectivity index (χ2n) is 3.29. The van der Waals surface area contributed by atoms with Gasteiger partial charge in [0, 0.05) is 0 Å². The summed E-state index contributed by atoms with van der Waals surface area (Å²) in [6, 6.07) is 0. The third-order valence-electron chi connectivity index (χ3n) is 2.53. The van der Waals surface area contributed by atoms with Gasteiger partial charge in [0.1, 0.15) is 0 Å². The van der Waals surface area contributed by atoms with Crippen LogP contribution in [-0.4, -0.2) is 17.6 Å². The molecule has 0 radical (unpaired) electrons. The maximum absolute atomic E-state index is 10.5. The lowest BCUT2D eigenvalue weighted by Crippen LogP contribution is -2.25. The first-order chi connectivity index (χ1) is 5.24. The van der Waals surface area contributed by atoms with Crippen LogP contribution in [0.5, 0.6) is 0 Å². The summed E-state index contributed by atoms with van der Waals surface area (Å²) in [5.41, 5.74) is 5.48. The molecule has 0 bridgehead atoms. The van der Waals surface area contributed by atoms with Gasteiger partial charge in [-0.3, -0.25) is 4.79 Å². The topological polar surface area (TPSA) is 63.3 Å². The third kappa shape index (κ3) is 2.19. The molecule has 1 aliphatic carbocycles. The highest BCUT2D eigenvalue weighted by atomic mass is 16.5. The number of carboxylic acid groups (broad SMARTS) is 1. The summed E-state index contributed by atoms with van der Waals surface area (Å²) in [5, 5.41) is 8.67. The molecule has 1 fully saturated rings. The fraction of sp³-hybridized carbons (Fsp3) is 0.875. The number of carbonyl (C=O) groups is 1. The van der Waals surface area contributed by atoms with Crippen molar-refractivity contribution >= 4 is 5.97 Å². The second-order valence-corrected chi connectivity index (χ2v) is 3.29. The lowest BCUT2D eigenvalue weighted by molar-refractivity contribution is -0.143. The SMILES string of the molecule is [15NH2][13CH2]C1CCC([13C](=O)O)CC1. The number of hydrogen-bond acceptors (Lipinski definition) is 2. The average molecular weight is 160 g/mol. The van der Waals surface area contributed by atoms with E-state index in [1.807, 2.05) is 0 Å². The molecule has 1 aliphatic rings. The minimum Gasteiger partial charge on any atom is -0.481 e. The lowest BCUT2D eigenvalue weighted by Gasteiger charge is -2.24. The molecule has 0 heterocycles. The van der Waals surface area contributed by atoms with E-state index in [9.17, 15) is 4.79 Å². The van der Waals surface area contributed by atoms with Crippen LogP contribution in [-0.2, 0) is 4.79 Å². The Bertz CT molecular complexity index is 139. The van der Waals surface area contributed by atoms with Crippen LogP contribution >= 0.6 is 0 Å². The summed E-state index contributed by atoms with van der Waals surface area (Å²) in [6.45, 7) is 0.715. The summed E-state index contributed by atoms with van der Waals surface area (Å²) >= 11 is 0. The molecule has 0 amide bonds. The lowest BCUT2D eigenvalue weighted by atomic mass is 9.89. The molecule has 0 aromatic heterocycles. The highest BCUT2D eigenvalue weighted by Crippen LogP contribution is 2.27. The maximum atomic E-state index is 10.5. The van der Waals surface area contributed by atoms with Gasteiger partial charge in [-0.05, 0) is 38.1 Å². The fourth-order valence-corrected chi connectivity index (χ4v) is 1.65. The summed E-state index contributed by atoms with van der Waals surface area (Å²) < 4.78 is 0. The zero-order valence-corrected chi connectivity index (χ0v) is 6.62. The Morgan fingerprint density at radius 2 is 1.91 bits per heavy atom. The van der Waals surface area contributed by atoms with Gasteiger partial charge in [-0.2, -0.15) is 0 Å². The van der Waals surface area contributed by atoms with Gasteiger partial charge in [0.15, 0.2) is 0 Å². The van der Waals surface area contributed by atoms with E-state index in [2.05, 4.69) is 0 Å². The molecule has 3 heteroatoms. The molecule has 1 saturated carbocycles. The number of nitrogens with two attached hydrogens (primary N) is 1. The molecule has 0 aliphatic heterocycles. The largest absolute Gasteiger partial charge is 0.481 e. The van der Waals surface area contributed by atoms with Crippen molar-refractivity contribution in [1.29, 1.82) is 0 Å². The van der Waals surface area contributed by atoms with E-state index >= 15 is 0 Å². The zero-order chi connectivity index (χ0) is 8.27. The maximum Gasteiger partial charge on any atom is 0.306 e. The Morgan fingerprint density at radius 1 is 1.36 bits per heavy atom. The Balaban J connectivity index is 2.30. The minimum atomic E-state index is -0.638. The van der Waals surface area contributed by atoms with E-state index in [-0.39, 0.29) is 5.92 Å². The van der Waals surface area contributed by atoms with E-state index in [4.69, 9.17) is 10.8 Å². The van der Waals surface area contributed by atoms with Crippen molar-refractivity contribution in [2.24, 2.45) is 17.6 Å². The highest BCUT2D eigenvalue weighted by molar-refractivity contribution is 5.69. The van der Waals surface area contributed by atoms with Crippen molar-refractivity contribution in [3.05, 3.63) is 0 Å². The van der Waals surface area contributed by atoms with Gasteiger partial charge in [-0.15, -0.1) is 0 Å². The van der Waals surface area contributed by atoms with E-state index in [1.54, 1.807) is 0 Å². The van der Waals surface area contributed by atoms with Crippen LogP contribution in [0.4, 0.5) is 0 Å². The molecule has 64 valence electrons. The van der Waals surface area contributed by atoms with Crippen LogP contribution < -0.4 is 5.73 Å². The smallest absolute Gasteiger partial charge is 0.306 e. The second kappa shape index (κ2) is 3.72. The molecule has 1 rings (SSSR count). The molecule has 0 atom stereocenters. The van der Waals surface area contributed by atoms with Crippen molar-refractivity contribution in [3.63, 3.8) is 0 Å². The first kappa shape index (κ1) is 8.53. The quantitative estimate of drug-likeness (QED) is 0.464. The number of carboxylic acids is 1. The standard InChI is InChI=1S/C8H15NO2/c9-5-6-1-3-7(4-2-6)8(10)11/h6-7H,1-5,9H2,(H,10,11)/i5+1,8+1,9+1. The zero-order valence-electron chi connectivity index (χ0n) is 6.62. The molecule has 3 nitrogen and oxygen atoms in total. The van der Waals surface area contributed by atoms with Gasteiger partial charge in [-0.25, -0.2) is 0 Å². The van der Waals surface area contributed by atoms with Gasteiger partial charge >= 0.3 is 5.97 Å². The first-order valence-electron chi connectivity index (χ1n) is 4.17. The van der Waals surface area contributed by atoms with Crippen molar-refractivity contribution in [3.8, 4) is 0 Å². The van der Waals surface area contributed by atoms with Crippen LogP contribution in [0, 0.1) is 11.8 Å². The molecule has 11 heavy (non-hydrogen) atoms. The van der Waals surface area contributed by atoms with Crippen LogP contribution in [0.3, 0.4) is 0 Å². The normalized spacial score (nSPS) is 31.7. The predicted octanol–water partition coefficient (Wildman–Crippen LogP) is 0.836. The van der Waals surface area contributed by atoms with Gasteiger partial charge in [0.2, 0.25) is 0 Å². The average Bonchev–Trinajstić information content (AvgIpc) is 2.05. The van der Waals surface area contributed by atoms with Crippen LogP contribution in [0.15, 0.2) is 0 Å². The van der Waals surface area contributed by atoms with Gasteiger partial charge in [0.25, 0.3) is 0 Å². The summed E-state index contributed by atoms with van der Waals surface area (Å²) in [4.78, 5) is 10.5. The molecule has 0 saturated heterocycles. The molecule has 0 unspecified atom stereocenters. The van der Waals surface area contributed by atoms with Crippen molar-refractivity contribution in [1.82, 2.24) is 0 Å². The Kier molecular flexibility index (Phi) is 2.88. The van der Waals surface area contributed by atoms with E-state index in [0.717, 1.165) is 25.7 Å². The van der Waals surface area contributed by atoms with E-state index in [0.29, 0.717) is 12.5 Å². The van der Waals surface area contributed by atoms with Gasteiger partial charge in [0.05, 0.1) is 5.92 Å². The summed E-state index contributed by atoms with van der Waals surface area (Å²) in [7, 11) is 0. The molecule has 3 N–H and O–H groups in total. The summed E-state index contributed by atoms with van der Waals surface area (Å²) in [6.07, 6.45) is 3.62. The van der Waals surface area contributed by atoms with E-state index in [1.165, 1.54) is 0 Å². The Hall–Kier alpha value is -0.570. The minimum absolute atomic E-state index is 0.0993. The van der Waals surface area contributed by atoms with E-state index < -0.39 is 5.97 Å². The number of hydrogen-bond donors (Lipinski definition) is 2. The highest BCUT2D eigenvalue weighted by Gasteiger charge is 2.24. The molecule has 0 spiro atoms. The predicted molar refractivity (Wildman–Crippen MR) is 42.1 cm³/mol. The van der Waals surface area contributed by atoms with Gasteiger partial charge in [-0.1, -0.05) is 0 Å². The van der Waals surface area contributed by atoms with Gasteiger partial charge < -0.3 is 10.8 Å². The van der Waals surface area contributed by atoms with Crippen molar-refractivity contribution < 1.29 is 9.90 Å². The number of rotatable bonds is 2. The van der Waals surface area contributed by atoms with Crippen LogP contribution in [0.2, 0.25) is 0 Å². The molecule has 0 aromatic carbocycles. The van der Waals surface area contributed by atoms with Crippen molar-refractivity contribution in [2.45, 2.75) is 25.7 Å². The summed E-state index contributed by atoms with van der Waals surface area (Å²) in [5.74, 6) is -0.163. The van der Waals surface area contributed by atoms with Crippen LogP contribution in [0.25, 0.3) is 0 Å². The third-order valence-corrected chi connectivity index (χ3v) is 2.53. The number of aliphatic carboxylic acids is 1. The Labute approximate surface area is 66.6 Å². The first-order valence-corrected chi connectivity index (χ1v) is 4.17.